The zero-order chi connectivity index (χ0) is 21.0. The van der Waals surface area contributed by atoms with Crippen LogP contribution in [-0.4, -0.2) is 20.5 Å². The lowest BCUT2D eigenvalue weighted by Gasteiger charge is -2.38. The molecule has 1 aliphatic carbocycles. The summed E-state index contributed by atoms with van der Waals surface area (Å²) in [5, 5.41) is 8.47. The van der Waals surface area contributed by atoms with E-state index in [2.05, 4.69) is 29.2 Å². The maximum atomic E-state index is 14.9. The molecule has 0 radical (unpaired) electrons. The molecule has 1 aromatic heterocycles. The molecule has 1 aliphatic heterocycles. The van der Waals surface area contributed by atoms with Gasteiger partial charge in [0.15, 0.2) is 11.6 Å². The molecular formula is C23H20ClFN4O. The summed E-state index contributed by atoms with van der Waals surface area (Å²) in [5.41, 5.74) is 2.24. The molecule has 1 N–H and O–H groups in total. The van der Waals surface area contributed by atoms with Gasteiger partial charge in [0.2, 0.25) is 5.95 Å². The largest absolute Gasteiger partial charge is 0.328 e. The number of hydrogen-bond donors (Lipinski definition) is 1. The van der Waals surface area contributed by atoms with E-state index in [0.717, 1.165) is 5.70 Å². The van der Waals surface area contributed by atoms with Crippen LogP contribution in [-0.2, 0) is 4.79 Å². The van der Waals surface area contributed by atoms with Gasteiger partial charge in [-0.3, -0.25) is 4.79 Å². The average Bonchev–Trinajstić information content (AvgIpc) is 3.09. The van der Waals surface area contributed by atoms with Crippen molar-refractivity contribution in [2.24, 2.45) is 5.41 Å². The summed E-state index contributed by atoms with van der Waals surface area (Å²) in [6.45, 7) is 4.12. The van der Waals surface area contributed by atoms with Crippen LogP contribution < -0.4 is 5.32 Å². The molecule has 5 nitrogen and oxygen atoms in total. The molecular weight excluding hydrogens is 403 g/mol. The molecule has 0 saturated carbocycles. The number of rotatable bonds is 2. The van der Waals surface area contributed by atoms with Crippen molar-refractivity contribution in [3.05, 3.63) is 76.2 Å². The number of ketones is 1. The van der Waals surface area contributed by atoms with Crippen LogP contribution in [0.5, 0.6) is 0 Å². The van der Waals surface area contributed by atoms with Gasteiger partial charge < -0.3 is 5.32 Å². The van der Waals surface area contributed by atoms with Gasteiger partial charge in [-0.25, -0.2) is 9.07 Å². The highest BCUT2D eigenvalue weighted by molar-refractivity contribution is 6.33. The third-order valence-electron chi connectivity index (χ3n) is 5.65. The zero-order valence-electron chi connectivity index (χ0n) is 16.6. The summed E-state index contributed by atoms with van der Waals surface area (Å²) in [4.78, 5) is 17.8. The van der Waals surface area contributed by atoms with Gasteiger partial charge >= 0.3 is 0 Å². The summed E-state index contributed by atoms with van der Waals surface area (Å²) < 4.78 is 16.5. The molecule has 1 atom stereocenters. The second-order valence-electron chi connectivity index (χ2n) is 8.57. The van der Waals surface area contributed by atoms with Crippen LogP contribution in [0, 0.1) is 11.2 Å². The zero-order valence-corrected chi connectivity index (χ0v) is 17.4. The Bertz CT molecular complexity index is 1210. The van der Waals surface area contributed by atoms with Gasteiger partial charge in [-0.1, -0.05) is 55.8 Å². The van der Waals surface area contributed by atoms with Crippen LogP contribution in [0.25, 0.3) is 11.4 Å². The van der Waals surface area contributed by atoms with E-state index in [0.29, 0.717) is 46.3 Å². The van der Waals surface area contributed by atoms with Crippen LogP contribution in [0.3, 0.4) is 0 Å². The predicted molar refractivity (Wildman–Crippen MR) is 114 cm³/mol. The van der Waals surface area contributed by atoms with E-state index in [1.807, 2.05) is 18.2 Å². The molecule has 2 aliphatic rings. The number of fused-ring (bicyclic) bond motifs is 1. The molecule has 0 fully saturated rings. The Kier molecular flexibility index (Phi) is 4.29. The smallest absolute Gasteiger partial charge is 0.226 e. The van der Waals surface area contributed by atoms with Crippen LogP contribution >= 0.6 is 11.6 Å². The summed E-state index contributed by atoms with van der Waals surface area (Å²) in [6, 6.07) is 13.1. The summed E-state index contributed by atoms with van der Waals surface area (Å²) >= 11 is 6.35. The fourth-order valence-corrected chi connectivity index (χ4v) is 4.57. The lowest BCUT2D eigenvalue weighted by atomic mass is 9.73. The number of carbonyl (C=O) groups excluding carboxylic acids is 1. The number of anilines is 1. The first-order valence-electron chi connectivity index (χ1n) is 9.83. The topological polar surface area (TPSA) is 59.8 Å². The van der Waals surface area contributed by atoms with Gasteiger partial charge in [0.25, 0.3) is 0 Å². The fourth-order valence-electron chi connectivity index (χ4n) is 4.35. The number of hydrogen-bond acceptors (Lipinski definition) is 4. The van der Waals surface area contributed by atoms with Crippen molar-refractivity contribution >= 4 is 23.3 Å². The first kappa shape index (κ1) is 19.0. The van der Waals surface area contributed by atoms with E-state index in [9.17, 15) is 9.18 Å². The van der Waals surface area contributed by atoms with Crippen LogP contribution in [0.2, 0.25) is 5.02 Å². The Morgan fingerprint density at radius 3 is 2.63 bits per heavy atom. The van der Waals surface area contributed by atoms with E-state index in [4.69, 9.17) is 11.6 Å². The average molecular weight is 423 g/mol. The molecule has 5 rings (SSSR count). The van der Waals surface area contributed by atoms with E-state index in [-0.39, 0.29) is 17.0 Å². The van der Waals surface area contributed by atoms with Gasteiger partial charge in [-0.05, 0) is 30.0 Å². The molecule has 3 aromatic rings. The van der Waals surface area contributed by atoms with Crippen molar-refractivity contribution < 1.29 is 9.18 Å². The highest BCUT2D eigenvalue weighted by Crippen LogP contribution is 2.46. The number of benzene rings is 2. The number of carbonyl (C=O) groups is 1. The molecule has 1 unspecified atom stereocenters. The summed E-state index contributed by atoms with van der Waals surface area (Å²) in [5.74, 6) is 0.524. The number of aromatic nitrogens is 3. The van der Waals surface area contributed by atoms with Crippen molar-refractivity contribution in [3.63, 3.8) is 0 Å². The molecule has 152 valence electrons. The molecule has 2 heterocycles. The number of allylic oxidation sites excluding steroid dienone is 2. The van der Waals surface area contributed by atoms with Crippen molar-refractivity contribution in [1.82, 2.24) is 14.8 Å². The van der Waals surface area contributed by atoms with Crippen LogP contribution in [0.1, 0.15) is 38.3 Å². The second kappa shape index (κ2) is 6.77. The molecule has 0 saturated heterocycles. The van der Waals surface area contributed by atoms with E-state index >= 15 is 0 Å². The van der Waals surface area contributed by atoms with Gasteiger partial charge in [0.05, 0.1) is 5.02 Å². The predicted octanol–water partition coefficient (Wildman–Crippen LogP) is 5.40. The molecule has 7 heteroatoms. The number of nitrogens with zero attached hydrogens (tertiary/aromatic N) is 3. The Labute approximate surface area is 178 Å². The van der Waals surface area contributed by atoms with Crippen molar-refractivity contribution in [2.45, 2.75) is 32.7 Å². The quantitative estimate of drug-likeness (QED) is 0.601. The van der Waals surface area contributed by atoms with Crippen molar-refractivity contribution in [3.8, 4) is 11.4 Å². The number of nitrogens with one attached hydrogen (secondary N) is 1. The first-order chi connectivity index (χ1) is 14.3. The second-order valence-corrected chi connectivity index (χ2v) is 8.97. The Morgan fingerprint density at radius 2 is 1.87 bits per heavy atom. The SMILES string of the molecule is CC1(C)CC(=O)C2=C(C1)Nc1nc(-c3ccccc3Cl)nn1C2c1ccccc1F. The minimum atomic E-state index is -0.676. The van der Waals surface area contributed by atoms with Gasteiger partial charge in [0, 0.05) is 28.8 Å². The van der Waals surface area contributed by atoms with Crippen molar-refractivity contribution in [2.75, 3.05) is 5.32 Å². The number of Topliss-reactive ketones (excluding diaryl/α,β-unsaturated/α-hetero) is 1. The molecule has 0 amide bonds. The van der Waals surface area contributed by atoms with E-state index in [1.54, 1.807) is 28.9 Å². The van der Waals surface area contributed by atoms with Crippen molar-refractivity contribution in [1.29, 1.82) is 0 Å². The Balaban J connectivity index is 1.72. The highest BCUT2D eigenvalue weighted by Gasteiger charge is 2.42. The minimum absolute atomic E-state index is 0.00227. The maximum Gasteiger partial charge on any atom is 0.226 e. The molecule has 0 spiro atoms. The molecule has 2 aromatic carbocycles. The third-order valence-corrected chi connectivity index (χ3v) is 5.98. The Morgan fingerprint density at radius 1 is 1.13 bits per heavy atom. The van der Waals surface area contributed by atoms with Gasteiger partial charge in [0.1, 0.15) is 11.9 Å². The highest BCUT2D eigenvalue weighted by atomic mass is 35.5. The van der Waals surface area contributed by atoms with Crippen LogP contribution in [0.4, 0.5) is 10.3 Å². The Hall–Kier alpha value is -2.99. The normalized spacial score (nSPS) is 19.9. The van der Waals surface area contributed by atoms with Gasteiger partial charge in [-0.2, -0.15) is 4.98 Å². The van der Waals surface area contributed by atoms with E-state index in [1.165, 1.54) is 6.07 Å². The monoisotopic (exact) mass is 422 g/mol. The van der Waals surface area contributed by atoms with Crippen LogP contribution in [0.15, 0.2) is 59.8 Å². The molecule has 30 heavy (non-hydrogen) atoms. The third kappa shape index (κ3) is 3.03. The maximum absolute atomic E-state index is 14.9. The molecule has 0 bridgehead atoms. The summed E-state index contributed by atoms with van der Waals surface area (Å²) in [6.07, 6.45) is 1.08. The number of halogens is 2. The lowest BCUT2D eigenvalue weighted by Crippen LogP contribution is -2.36. The first-order valence-corrected chi connectivity index (χ1v) is 10.2. The van der Waals surface area contributed by atoms with Gasteiger partial charge in [-0.15, -0.1) is 5.10 Å². The summed E-state index contributed by atoms with van der Waals surface area (Å²) in [7, 11) is 0. The minimum Gasteiger partial charge on any atom is -0.328 e. The fraction of sp³-hybridized carbons (Fsp3) is 0.261. The van der Waals surface area contributed by atoms with E-state index < -0.39 is 6.04 Å². The lowest BCUT2D eigenvalue weighted by molar-refractivity contribution is -0.118. The standard InChI is InChI=1S/C23H20ClFN4O/c1-23(2)11-17-19(18(30)12-23)20(14-8-4-6-10-16(14)25)29-22(26-17)27-21(28-29)13-7-3-5-9-15(13)24/h3-10,20H,11-12H2,1-2H3,(H,26,27,28).